The van der Waals surface area contributed by atoms with Crippen LogP contribution in [0.4, 0.5) is 5.82 Å². The number of terminal acetylenes is 1. The summed E-state index contributed by atoms with van der Waals surface area (Å²) in [5, 5.41) is 3.31. The van der Waals surface area contributed by atoms with Crippen LogP contribution in [0, 0.1) is 12.3 Å². The maximum absolute atomic E-state index is 5.62. The molecular weight excluding hydrogens is 226 g/mol. The lowest BCUT2D eigenvalue weighted by Gasteiger charge is -2.13. The quantitative estimate of drug-likeness (QED) is 0.566. The van der Waals surface area contributed by atoms with Gasteiger partial charge in [-0.3, -0.25) is 0 Å². The number of hydrogen-bond donors (Lipinski definition) is 1. The number of aromatic nitrogens is 2. The highest BCUT2D eigenvalue weighted by atomic mass is 16.5. The SMILES string of the molecule is C#CCCOc1ncnc(NCCC)c1CCC. The molecule has 1 N–H and O–H groups in total. The summed E-state index contributed by atoms with van der Waals surface area (Å²) in [5.41, 5.74) is 1.05. The minimum Gasteiger partial charge on any atom is -0.476 e. The van der Waals surface area contributed by atoms with Crippen LogP contribution in [0.1, 0.15) is 38.7 Å². The monoisotopic (exact) mass is 247 g/mol. The van der Waals surface area contributed by atoms with E-state index >= 15 is 0 Å². The fourth-order valence-electron chi connectivity index (χ4n) is 1.60. The summed E-state index contributed by atoms with van der Waals surface area (Å²) >= 11 is 0. The van der Waals surface area contributed by atoms with Gasteiger partial charge in [-0.15, -0.1) is 12.3 Å². The fourth-order valence-corrected chi connectivity index (χ4v) is 1.60. The lowest BCUT2D eigenvalue weighted by Crippen LogP contribution is -2.09. The zero-order valence-electron chi connectivity index (χ0n) is 11.2. The minimum absolute atomic E-state index is 0.497. The first kappa shape index (κ1) is 14.3. The van der Waals surface area contributed by atoms with E-state index in [0.717, 1.165) is 37.2 Å². The molecule has 0 unspecified atom stereocenters. The van der Waals surface area contributed by atoms with E-state index in [2.05, 4.69) is 35.1 Å². The molecule has 0 saturated carbocycles. The van der Waals surface area contributed by atoms with E-state index in [0.29, 0.717) is 18.9 Å². The smallest absolute Gasteiger partial charge is 0.221 e. The molecule has 1 rings (SSSR count). The van der Waals surface area contributed by atoms with Crippen LogP contribution < -0.4 is 10.1 Å². The molecule has 0 aliphatic carbocycles. The predicted octanol–water partition coefficient (Wildman–Crippen LogP) is 2.65. The van der Waals surface area contributed by atoms with Gasteiger partial charge in [0.25, 0.3) is 0 Å². The molecule has 4 heteroatoms. The molecule has 0 amide bonds. The van der Waals surface area contributed by atoms with E-state index in [1.54, 1.807) is 0 Å². The second kappa shape index (κ2) is 8.35. The second-order valence-electron chi connectivity index (χ2n) is 3.99. The molecule has 1 aromatic heterocycles. The van der Waals surface area contributed by atoms with Crippen LogP contribution >= 0.6 is 0 Å². The van der Waals surface area contributed by atoms with Crippen LogP contribution in [0.5, 0.6) is 5.88 Å². The zero-order valence-corrected chi connectivity index (χ0v) is 11.2. The minimum atomic E-state index is 0.497. The number of anilines is 1. The third-order valence-electron chi connectivity index (χ3n) is 2.43. The number of nitrogens with one attached hydrogen (secondary N) is 1. The van der Waals surface area contributed by atoms with Crippen LogP contribution in [0.2, 0.25) is 0 Å². The fraction of sp³-hybridized carbons (Fsp3) is 0.571. The first-order chi connectivity index (χ1) is 8.83. The van der Waals surface area contributed by atoms with Gasteiger partial charge in [-0.2, -0.15) is 0 Å². The molecule has 0 aliphatic heterocycles. The molecule has 0 aromatic carbocycles. The summed E-state index contributed by atoms with van der Waals surface area (Å²) in [6.07, 6.45) is 10.3. The van der Waals surface area contributed by atoms with Gasteiger partial charge in [0.2, 0.25) is 5.88 Å². The van der Waals surface area contributed by atoms with Crippen molar-refractivity contribution >= 4 is 5.82 Å². The van der Waals surface area contributed by atoms with Gasteiger partial charge in [0.1, 0.15) is 18.8 Å². The summed E-state index contributed by atoms with van der Waals surface area (Å²) in [4.78, 5) is 8.48. The van der Waals surface area contributed by atoms with Crippen LogP contribution in [0.25, 0.3) is 0 Å². The van der Waals surface area contributed by atoms with Crippen molar-refractivity contribution < 1.29 is 4.74 Å². The molecule has 1 aromatic rings. The lowest BCUT2D eigenvalue weighted by molar-refractivity contribution is 0.310. The summed E-state index contributed by atoms with van der Waals surface area (Å²) in [7, 11) is 0. The van der Waals surface area contributed by atoms with Crippen molar-refractivity contribution in [3.8, 4) is 18.2 Å². The molecule has 0 atom stereocenters. The largest absolute Gasteiger partial charge is 0.476 e. The summed E-state index contributed by atoms with van der Waals surface area (Å²) in [6.45, 7) is 5.65. The number of hydrogen-bond acceptors (Lipinski definition) is 4. The first-order valence-corrected chi connectivity index (χ1v) is 6.47. The van der Waals surface area contributed by atoms with E-state index < -0.39 is 0 Å². The average molecular weight is 247 g/mol. The van der Waals surface area contributed by atoms with Crippen molar-refractivity contribution in [3.05, 3.63) is 11.9 Å². The standard InChI is InChI=1S/C14H21N3O/c1-4-7-10-18-14-12(8-5-2)13(15-9-6-3)16-11-17-14/h1,11H,5-10H2,2-3H3,(H,15,16,17). The Labute approximate surface area is 109 Å². The van der Waals surface area contributed by atoms with Crippen molar-refractivity contribution in [2.75, 3.05) is 18.5 Å². The molecule has 1 heterocycles. The maximum Gasteiger partial charge on any atom is 0.221 e. The van der Waals surface area contributed by atoms with Crippen LogP contribution in [-0.2, 0) is 6.42 Å². The summed E-state index contributed by atoms with van der Waals surface area (Å²) in [6, 6.07) is 0. The van der Waals surface area contributed by atoms with Gasteiger partial charge >= 0.3 is 0 Å². The lowest BCUT2D eigenvalue weighted by atomic mass is 10.1. The van der Waals surface area contributed by atoms with Gasteiger partial charge < -0.3 is 10.1 Å². The Bertz CT molecular complexity index is 399. The molecular formula is C14H21N3O. The zero-order chi connectivity index (χ0) is 13.2. The van der Waals surface area contributed by atoms with Crippen LogP contribution in [0.3, 0.4) is 0 Å². The predicted molar refractivity (Wildman–Crippen MR) is 73.8 cm³/mol. The Morgan fingerprint density at radius 1 is 1.33 bits per heavy atom. The molecule has 0 spiro atoms. The van der Waals surface area contributed by atoms with Gasteiger partial charge in [-0.05, 0) is 12.8 Å². The van der Waals surface area contributed by atoms with Crippen molar-refractivity contribution in [2.45, 2.75) is 39.5 Å². The molecule has 18 heavy (non-hydrogen) atoms. The van der Waals surface area contributed by atoms with E-state index in [4.69, 9.17) is 11.2 Å². The van der Waals surface area contributed by atoms with E-state index in [-0.39, 0.29) is 0 Å². The van der Waals surface area contributed by atoms with Crippen LogP contribution in [0.15, 0.2) is 6.33 Å². The van der Waals surface area contributed by atoms with Gasteiger partial charge in [0.05, 0.1) is 5.56 Å². The Kier molecular flexibility index (Phi) is 6.63. The van der Waals surface area contributed by atoms with Gasteiger partial charge in [-0.25, -0.2) is 9.97 Å². The Hall–Kier alpha value is -1.76. The third-order valence-corrected chi connectivity index (χ3v) is 2.43. The topological polar surface area (TPSA) is 47.0 Å². The summed E-state index contributed by atoms with van der Waals surface area (Å²) in [5.74, 6) is 4.09. The second-order valence-corrected chi connectivity index (χ2v) is 3.99. The Morgan fingerprint density at radius 3 is 2.83 bits per heavy atom. The molecule has 0 aliphatic rings. The number of ether oxygens (including phenoxy) is 1. The molecule has 4 nitrogen and oxygen atoms in total. The molecule has 0 fully saturated rings. The Morgan fingerprint density at radius 2 is 2.17 bits per heavy atom. The van der Waals surface area contributed by atoms with Gasteiger partial charge in [0.15, 0.2) is 0 Å². The van der Waals surface area contributed by atoms with Crippen molar-refractivity contribution in [2.24, 2.45) is 0 Å². The van der Waals surface area contributed by atoms with Gasteiger partial charge in [0, 0.05) is 13.0 Å². The maximum atomic E-state index is 5.62. The van der Waals surface area contributed by atoms with E-state index in [1.807, 2.05) is 0 Å². The van der Waals surface area contributed by atoms with Gasteiger partial charge in [-0.1, -0.05) is 20.3 Å². The highest BCUT2D eigenvalue weighted by molar-refractivity contribution is 5.48. The summed E-state index contributed by atoms with van der Waals surface area (Å²) < 4.78 is 5.62. The average Bonchev–Trinajstić information content (AvgIpc) is 2.39. The van der Waals surface area contributed by atoms with E-state index in [9.17, 15) is 0 Å². The van der Waals surface area contributed by atoms with E-state index in [1.165, 1.54) is 6.33 Å². The number of rotatable bonds is 8. The van der Waals surface area contributed by atoms with Crippen molar-refractivity contribution in [1.82, 2.24) is 9.97 Å². The van der Waals surface area contributed by atoms with Crippen LogP contribution in [-0.4, -0.2) is 23.1 Å². The molecule has 0 radical (unpaired) electrons. The van der Waals surface area contributed by atoms with Crippen molar-refractivity contribution in [1.29, 1.82) is 0 Å². The normalized spacial score (nSPS) is 9.83. The third kappa shape index (κ3) is 4.25. The first-order valence-electron chi connectivity index (χ1n) is 6.47. The van der Waals surface area contributed by atoms with Crippen molar-refractivity contribution in [3.63, 3.8) is 0 Å². The molecule has 0 bridgehead atoms. The Balaban J connectivity index is 2.83. The highest BCUT2D eigenvalue weighted by Gasteiger charge is 2.11. The molecule has 0 saturated heterocycles. The number of nitrogens with zero attached hydrogens (tertiary/aromatic N) is 2. The highest BCUT2D eigenvalue weighted by Crippen LogP contribution is 2.23. The molecule has 98 valence electrons.